The van der Waals surface area contributed by atoms with Crippen LogP contribution in [0.3, 0.4) is 0 Å². The molecule has 0 aliphatic rings. The summed E-state index contributed by atoms with van der Waals surface area (Å²) in [5.74, 6) is -0.0524. The lowest BCUT2D eigenvalue weighted by Crippen LogP contribution is -1.94. The van der Waals surface area contributed by atoms with Crippen molar-refractivity contribution in [2.24, 2.45) is 0 Å². The molecule has 3 aromatic carbocycles. The van der Waals surface area contributed by atoms with Crippen molar-refractivity contribution in [3.8, 4) is 16.9 Å². The van der Waals surface area contributed by atoms with E-state index in [0.29, 0.717) is 22.4 Å². The highest BCUT2D eigenvalue weighted by Gasteiger charge is 2.15. The first-order valence-corrected chi connectivity index (χ1v) is 10.2. The van der Waals surface area contributed by atoms with E-state index >= 15 is 0 Å². The Kier molecular flexibility index (Phi) is 5.12. The number of ketones is 1. The number of carbonyl (C=O) groups excluding carboxylic acids is 1. The number of fused-ring (bicyclic) bond motifs is 1. The lowest BCUT2D eigenvalue weighted by molar-refractivity contribution is -0.384. The minimum Gasteiger partial charge on any atom is -0.453 e. The predicted octanol–water partition coefficient (Wildman–Crippen LogP) is 6.09. The number of hydrogen-bond donors (Lipinski definition) is 0. The molecule has 0 aliphatic heterocycles. The van der Waals surface area contributed by atoms with Gasteiger partial charge < -0.3 is 4.42 Å². The van der Waals surface area contributed by atoms with Gasteiger partial charge in [0.25, 0.3) is 5.69 Å². The Bertz CT molecular complexity index is 1480. The lowest BCUT2D eigenvalue weighted by atomic mass is 10.1. The van der Waals surface area contributed by atoms with Gasteiger partial charge in [-0.1, -0.05) is 48.5 Å². The maximum absolute atomic E-state index is 12.8. The third-order valence-electron chi connectivity index (χ3n) is 5.18. The highest BCUT2D eigenvalue weighted by Crippen LogP contribution is 2.28. The molecule has 160 valence electrons. The van der Waals surface area contributed by atoms with Crippen LogP contribution in [0.2, 0.25) is 0 Å². The molecule has 0 atom stereocenters. The summed E-state index contributed by atoms with van der Waals surface area (Å²) < 4.78 is 7.33. The van der Waals surface area contributed by atoms with E-state index in [-0.39, 0.29) is 17.2 Å². The summed E-state index contributed by atoms with van der Waals surface area (Å²) in [4.78, 5) is 23.6. The zero-order valence-electron chi connectivity index (χ0n) is 17.3. The van der Waals surface area contributed by atoms with E-state index in [1.807, 2.05) is 48.5 Å². The van der Waals surface area contributed by atoms with E-state index < -0.39 is 4.92 Å². The van der Waals surface area contributed by atoms with Crippen molar-refractivity contribution in [1.29, 1.82) is 0 Å². The fourth-order valence-corrected chi connectivity index (χ4v) is 3.56. The number of carbonyl (C=O) groups is 1. The quantitative estimate of drug-likeness (QED) is 0.139. The van der Waals surface area contributed by atoms with Gasteiger partial charge in [-0.25, -0.2) is 4.68 Å². The molecule has 0 fully saturated rings. The zero-order valence-corrected chi connectivity index (χ0v) is 17.3. The number of aromatic nitrogens is 2. The Morgan fingerprint density at radius 2 is 1.76 bits per heavy atom. The van der Waals surface area contributed by atoms with Crippen molar-refractivity contribution >= 4 is 28.5 Å². The topological polar surface area (TPSA) is 91.2 Å². The van der Waals surface area contributed by atoms with Crippen LogP contribution < -0.4 is 0 Å². The van der Waals surface area contributed by atoms with E-state index in [1.165, 1.54) is 18.2 Å². The number of benzene rings is 3. The number of nitrogens with zero attached hydrogens (tertiary/aromatic N) is 3. The maximum Gasteiger partial charge on any atom is 0.270 e. The molecule has 2 heterocycles. The van der Waals surface area contributed by atoms with Crippen LogP contribution in [0.1, 0.15) is 16.1 Å². The number of rotatable bonds is 6. The van der Waals surface area contributed by atoms with E-state index in [4.69, 9.17) is 4.42 Å². The van der Waals surface area contributed by atoms with Gasteiger partial charge in [0.1, 0.15) is 11.3 Å². The molecule has 7 nitrogen and oxygen atoms in total. The molecular weight excluding hydrogens is 418 g/mol. The molecule has 0 saturated carbocycles. The summed E-state index contributed by atoms with van der Waals surface area (Å²) in [6, 6.07) is 24.9. The third-order valence-corrected chi connectivity index (χ3v) is 5.18. The Morgan fingerprint density at radius 1 is 0.970 bits per heavy atom. The van der Waals surface area contributed by atoms with Crippen LogP contribution in [0.5, 0.6) is 0 Å². The first-order chi connectivity index (χ1) is 16.1. The largest absolute Gasteiger partial charge is 0.453 e. The molecule has 0 unspecified atom stereocenters. The number of para-hydroxylation sites is 2. The van der Waals surface area contributed by atoms with Crippen LogP contribution in [0.25, 0.3) is 34.0 Å². The molecule has 0 saturated heterocycles. The summed E-state index contributed by atoms with van der Waals surface area (Å²) in [5.41, 5.74) is 3.18. The van der Waals surface area contributed by atoms with Gasteiger partial charge in [0, 0.05) is 34.8 Å². The predicted molar refractivity (Wildman–Crippen MR) is 125 cm³/mol. The van der Waals surface area contributed by atoms with Crippen LogP contribution >= 0.6 is 0 Å². The average molecular weight is 435 g/mol. The van der Waals surface area contributed by atoms with Gasteiger partial charge >= 0.3 is 0 Å². The summed E-state index contributed by atoms with van der Waals surface area (Å²) in [5, 5.41) is 16.7. The molecule has 0 radical (unpaired) electrons. The Balaban J connectivity index is 1.55. The second kappa shape index (κ2) is 8.39. The maximum atomic E-state index is 12.8. The van der Waals surface area contributed by atoms with Crippen molar-refractivity contribution in [1.82, 2.24) is 9.78 Å². The highest BCUT2D eigenvalue weighted by atomic mass is 16.6. The molecule has 5 aromatic rings. The minimum absolute atomic E-state index is 0.0324. The summed E-state index contributed by atoms with van der Waals surface area (Å²) in [6.45, 7) is 0. The Labute approximate surface area is 188 Å². The molecule has 0 bridgehead atoms. The normalized spacial score (nSPS) is 11.3. The first-order valence-electron chi connectivity index (χ1n) is 10.2. The number of nitro benzene ring substituents is 1. The molecule has 5 rings (SSSR count). The molecule has 7 heteroatoms. The van der Waals surface area contributed by atoms with Gasteiger partial charge in [-0.3, -0.25) is 14.9 Å². The van der Waals surface area contributed by atoms with E-state index in [9.17, 15) is 14.9 Å². The Hall–Kier alpha value is -4.78. The third kappa shape index (κ3) is 4.07. The van der Waals surface area contributed by atoms with Gasteiger partial charge in [-0.2, -0.15) is 5.10 Å². The molecular formula is C26H17N3O4. The fourth-order valence-electron chi connectivity index (χ4n) is 3.56. The Morgan fingerprint density at radius 3 is 2.55 bits per heavy atom. The van der Waals surface area contributed by atoms with Crippen LogP contribution in [-0.2, 0) is 0 Å². The molecule has 33 heavy (non-hydrogen) atoms. The second-order valence-corrected chi connectivity index (χ2v) is 7.37. The van der Waals surface area contributed by atoms with E-state index in [0.717, 1.165) is 11.1 Å². The van der Waals surface area contributed by atoms with Crippen molar-refractivity contribution in [3.05, 3.63) is 119 Å². The van der Waals surface area contributed by atoms with Gasteiger partial charge in [-0.05, 0) is 36.4 Å². The number of hydrogen-bond acceptors (Lipinski definition) is 5. The first kappa shape index (κ1) is 20.1. The van der Waals surface area contributed by atoms with Crippen molar-refractivity contribution in [2.45, 2.75) is 0 Å². The fraction of sp³-hybridized carbons (Fsp3) is 0. The van der Waals surface area contributed by atoms with E-state index in [1.54, 1.807) is 41.2 Å². The standard InChI is InChI=1S/C26H17N3O4/c30-23(25-16-18-7-4-5-12-24(18)33-25)14-13-20-17-28(21-9-2-1-3-10-21)27-26(20)19-8-6-11-22(15-19)29(31)32/h1-17H/b14-13+. The van der Waals surface area contributed by atoms with Crippen LogP contribution in [0, 0.1) is 10.1 Å². The monoisotopic (exact) mass is 435 g/mol. The van der Waals surface area contributed by atoms with Crippen LogP contribution in [0.15, 0.2) is 102 Å². The van der Waals surface area contributed by atoms with Gasteiger partial charge in [0.2, 0.25) is 5.78 Å². The number of allylic oxidation sites excluding steroid dienone is 1. The molecule has 0 N–H and O–H groups in total. The second-order valence-electron chi connectivity index (χ2n) is 7.37. The zero-order chi connectivity index (χ0) is 22.8. The summed E-state index contributed by atoms with van der Waals surface area (Å²) >= 11 is 0. The number of non-ortho nitro benzene ring substituents is 1. The van der Waals surface area contributed by atoms with Crippen LogP contribution in [-0.4, -0.2) is 20.5 Å². The van der Waals surface area contributed by atoms with Crippen LogP contribution in [0.4, 0.5) is 5.69 Å². The number of nitro groups is 1. The summed E-state index contributed by atoms with van der Waals surface area (Å²) in [6.07, 6.45) is 4.85. The lowest BCUT2D eigenvalue weighted by Gasteiger charge is -2.00. The van der Waals surface area contributed by atoms with Gasteiger partial charge in [-0.15, -0.1) is 0 Å². The SMILES string of the molecule is O=C(/C=C/c1cn(-c2ccccc2)nc1-c1cccc([N+](=O)[O-])c1)c1cc2ccccc2o1. The van der Waals surface area contributed by atoms with Crippen molar-refractivity contribution in [3.63, 3.8) is 0 Å². The van der Waals surface area contributed by atoms with Crippen molar-refractivity contribution in [2.75, 3.05) is 0 Å². The minimum atomic E-state index is -0.446. The molecule has 0 spiro atoms. The number of furan rings is 1. The van der Waals surface area contributed by atoms with Crippen molar-refractivity contribution < 1.29 is 14.1 Å². The van der Waals surface area contributed by atoms with E-state index in [2.05, 4.69) is 5.10 Å². The molecule has 0 aliphatic carbocycles. The smallest absolute Gasteiger partial charge is 0.270 e. The van der Waals surface area contributed by atoms with Gasteiger partial charge in [0.05, 0.1) is 10.6 Å². The average Bonchev–Trinajstić information content (AvgIpc) is 3.48. The molecule has 0 amide bonds. The van der Waals surface area contributed by atoms with Gasteiger partial charge in [0.15, 0.2) is 5.76 Å². The molecule has 2 aromatic heterocycles. The summed E-state index contributed by atoms with van der Waals surface area (Å²) in [7, 11) is 0. The highest BCUT2D eigenvalue weighted by molar-refractivity contribution is 6.07.